The molecule has 1 heterocycles. The standard InChI is InChI=1S/C22H24BrNO6/c1-4-28-21(15-6-5-7-17-22(15)30-9-8-29-17)16(25)13-24-12-14-10-18(26-2)20(23)19(11-14)27-3/h5-7,10-12,21H,4,8-9,13H2,1-3H3. The van der Waals surface area contributed by atoms with Crippen molar-refractivity contribution >= 4 is 27.9 Å². The van der Waals surface area contributed by atoms with Gasteiger partial charge in [0.05, 0.1) is 14.2 Å². The molecule has 1 aliphatic heterocycles. The fourth-order valence-electron chi connectivity index (χ4n) is 3.11. The predicted molar refractivity (Wildman–Crippen MR) is 117 cm³/mol. The van der Waals surface area contributed by atoms with Gasteiger partial charge in [0.25, 0.3) is 0 Å². The molecular weight excluding hydrogens is 454 g/mol. The van der Waals surface area contributed by atoms with Crippen LogP contribution in [-0.4, -0.2) is 52.6 Å². The molecule has 160 valence electrons. The summed E-state index contributed by atoms with van der Waals surface area (Å²) >= 11 is 3.43. The minimum atomic E-state index is -0.780. The first kappa shape index (κ1) is 22.1. The zero-order valence-electron chi connectivity index (χ0n) is 17.1. The van der Waals surface area contributed by atoms with E-state index in [0.717, 1.165) is 5.56 Å². The summed E-state index contributed by atoms with van der Waals surface area (Å²) < 4.78 is 28.5. The van der Waals surface area contributed by atoms with E-state index >= 15 is 0 Å². The molecule has 2 aromatic rings. The molecule has 0 saturated carbocycles. The molecule has 0 aliphatic carbocycles. The highest BCUT2D eigenvalue weighted by atomic mass is 79.9. The van der Waals surface area contributed by atoms with Gasteiger partial charge >= 0.3 is 0 Å². The first-order chi connectivity index (χ1) is 14.6. The molecule has 0 amide bonds. The quantitative estimate of drug-likeness (QED) is 0.508. The third-order valence-corrected chi connectivity index (χ3v) is 5.24. The number of methoxy groups -OCH3 is 2. The van der Waals surface area contributed by atoms with Gasteiger partial charge in [-0.1, -0.05) is 12.1 Å². The van der Waals surface area contributed by atoms with Crippen molar-refractivity contribution in [1.29, 1.82) is 0 Å². The summed E-state index contributed by atoms with van der Waals surface area (Å²) in [6, 6.07) is 9.07. The number of benzene rings is 2. The van der Waals surface area contributed by atoms with E-state index in [4.69, 9.17) is 23.7 Å². The number of halogens is 1. The van der Waals surface area contributed by atoms with E-state index in [1.165, 1.54) is 0 Å². The molecule has 3 rings (SSSR count). The van der Waals surface area contributed by atoms with Crippen molar-refractivity contribution in [3.05, 3.63) is 45.9 Å². The monoisotopic (exact) mass is 477 g/mol. The summed E-state index contributed by atoms with van der Waals surface area (Å²) in [4.78, 5) is 17.2. The van der Waals surface area contributed by atoms with Crippen LogP contribution in [0.4, 0.5) is 0 Å². The lowest BCUT2D eigenvalue weighted by atomic mass is 10.0. The van der Waals surface area contributed by atoms with Crippen LogP contribution in [0.2, 0.25) is 0 Å². The van der Waals surface area contributed by atoms with Gasteiger partial charge in [0.15, 0.2) is 17.3 Å². The van der Waals surface area contributed by atoms with Crippen molar-refractivity contribution in [2.75, 3.05) is 40.6 Å². The van der Waals surface area contributed by atoms with E-state index in [1.54, 1.807) is 32.6 Å². The lowest BCUT2D eigenvalue weighted by Crippen LogP contribution is -2.22. The van der Waals surface area contributed by atoms with E-state index in [1.807, 2.05) is 25.1 Å². The SMILES string of the molecule is CCOC(C(=O)CN=Cc1cc(OC)c(Br)c(OC)c1)c1cccc2c1OCCO2. The van der Waals surface area contributed by atoms with Gasteiger partial charge in [-0.15, -0.1) is 0 Å². The maximum Gasteiger partial charge on any atom is 0.187 e. The van der Waals surface area contributed by atoms with Gasteiger partial charge < -0.3 is 23.7 Å². The molecule has 8 heteroatoms. The Morgan fingerprint density at radius 1 is 1.20 bits per heavy atom. The van der Waals surface area contributed by atoms with Crippen LogP contribution in [0.15, 0.2) is 39.8 Å². The molecule has 0 radical (unpaired) electrons. The second-order valence-corrected chi connectivity index (χ2v) is 7.18. The number of para-hydroxylation sites is 1. The van der Waals surface area contributed by atoms with Crippen molar-refractivity contribution < 1.29 is 28.5 Å². The number of Topliss-reactive ketones (excluding diaryl/α,β-unsaturated/α-hetero) is 1. The van der Waals surface area contributed by atoms with Gasteiger partial charge in [0.2, 0.25) is 0 Å². The number of carbonyl (C=O) groups excluding carboxylic acids is 1. The fourth-order valence-corrected chi connectivity index (χ4v) is 3.67. The topological polar surface area (TPSA) is 75.6 Å². The lowest BCUT2D eigenvalue weighted by Gasteiger charge is -2.24. The summed E-state index contributed by atoms with van der Waals surface area (Å²) in [6.45, 7) is 3.09. The molecule has 0 N–H and O–H groups in total. The third kappa shape index (κ3) is 4.94. The molecule has 1 atom stereocenters. The number of hydrogen-bond acceptors (Lipinski definition) is 7. The van der Waals surface area contributed by atoms with Crippen LogP contribution in [0.25, 0.3) is 0 Å². The Bertz CT molecular complexity index is 905. The maximum atomic E-state index is 12.9. The fraction of sp³-hybridized carbons (Fsp3) is 0.364. The number of aliphatic imine (C=N–C) groups is 1. The molecule has 0 spiro atoms. The summed E-state index contributed by atoms with van der Waals surface area (Å²) in [6.07, 6.45) is 0.830. The number of hydrogen-bond donors (Lipinski definition) is 0. The Labute approximate surface area is 184 Å². The molecular formula is C22H24BrNO6. The molecule has 0 bridgehead atoms. The molecule has 1 unspecified atom stereocenters. The number of rotatable bonds is 9. The first-order valence-electron chi connectivity index (χ1n) is 9.53. The third-order valence-electron chi connectivity index (χ3n) is 4.46. The van der Waals surface area contributed by atoms with E-state index in [2.05, 4.69) is 20.9 Å². The zero-order valence-corrected chi connectivity index (χ0v) is 18.7. The predicted octanol–water partition coefficient (Wildman–Crippen LogP) is 4.00. The van der Waals surface area contributed by atoms with E-state index < -0.39 is 6.10 Å². The Morgan fingerprint density at radius 3 is 2.57 bits per heavy atom. The highest BCUT2D eigenvalue weighted by Crippen LogP contribution is 2.38. The Hall–Kier alpha value is -2.58. The summed E-state index contributed by atoms with van der Waals surface area (Å²) in [5, 5.41) is 0. The van der Waals surface area contributed by atoms with Crippen molar-refractivity contribution in [3.8, 4) is 23.0 Å². The van der Waals surface area contributed by atoms with Crippen LogP contribution in [-0.2, 0) is 9.53 Å². The number of nitrogens with zero attached hydrogens (tertiary/aromatic N) is 1. The van der Waals surface area contributed by atoms with E-state index in [0.29, 0.717) is 52.9 Å². The van der Waals surface area contributed by atoms with Crippen LogP contribution < -0.4 is 18.9 Å². The normalized spacial score (nSPS) is 13.9. The van der Waals surface area contributed by atoms with E-state index in [-0.39, 0.29) is 12.3 Å². The minimum absolute atomic E-state index is 0.0457. The highest BCUT2D eigenvalue weighted by molar-refractivity contribution is 9.10. The molecule has 30 heavy (non-hydrogen) atoms. The highest BCUT2D eigenvalue weighted by Gasteiger charge is 2.27. The van der Waals surface area contributed by atoms with Crippen molar-refractivity contribution in [2.24, 2.45) is 4.99 Å². The van der Waals surface area contributed by atoms with E-state index in [9.17, 15) is 4.79 Å². The molecule has 0 aromatic heterocycles. The van der Waals surface area contributed by atoms with Gasteiger partial charge in [-0.25, -0.2) is 0 Å². The first-order valence-corrected chi connectivity index (χ1v) is 10.3. The average Bonchev–Trinajstić information content (AvgIpc) is 2.78. The Balaban J connectivity index is 1.78. The molecule has 0 saturated heterocycles. The van der Waals surface area contributed by atoms with Crippen LogP contribution in [0.3, 0.4) is 0 Å². The smallest absolute Gasteiger partial charge is 0.187 e. The molecule has 2 aromatic carbocycles. The van der Waals surface area contributed by atoms with Crippen LogP contribution in [0, 0.1) is 0 Å². The zero-order chi connectivity index (χ0) is 21.5. The number of ether oxygens (including phenoxy) is 5. The van der Waals surface area contributed by atoms with Crippen LogP contribution in [0.5, 0.6) is 23.0 Å². The molecule has 0 fully saturated rings. The Morgan fingerprint density at radius 2 is 1.90 bits per heavy atom. The van der Waals surface area contributed by atoms with Crippen molar-refractivity contribution in [3.63, 3.8) is 0 Å². The second-order valence-electron chi connectivity index (χ2n) is 6.38. The van der Waals surface area contributed by atoms with Gasteiger partial charge in [-0.3, -0.25) is 9.79 Å². The lowest BCUT2D eigenvalue weighted by molar-refractivity contribution is -0.129. The minimum Gasteiger partial charge on any atom is -0.495 e. The Kier molecular flexibility index (Phi) is 7.70. The summed E-state index contributed by atoms with van der Waals surface area (Å²) in [7, 11) is 3.14. The molecule has 1 aliphatic rings. The van der Waals surface area contributed by atoms with Gasteiger partial charge in [0.1, 0.15) is 41.8 Å². The maximum absolute atomic E-state index is 12.9. The number of carbonyl (C=O) groups is 1. The number of fused-ring (bicyclic) bond motifs is 1. The van der Waals surface area contributed by atoms with Gasteiger partial charge in [0, 0.05) is 18.4 Å². The van der Waals surface area contributed by atoms with Crippen molar-refractivity contribution in [2.45, 2.75) is 13.0 Å². The molecule has 7 nitrogen and oxygen atoms in total. The second kappa shape index (κ2) is 10.4. The number of ketones is 1. The van der Waals surface area contributed by atoms with Crippen LogP contribution >= 0.6 is 15.9 Å². The van der Waals surface area contributed by atoms with Gasteiger partial charge in [-0.05, 0) is 46.6 Å². The van der Waals surface area contributed by atoms with Gasteiger partial charge in [-0.2, -0.15) is 0 Å². The summed E-state index contributed by atoms with van der Waals surface area (Å²) in [5.74, 6) is 2.23. The largest absolute Gasteiger partial charge is 0.495 e. The van der Waals surface area contributed by atoms with Crippen LogP contribution in [0.1, 0.15) is 24.2 Å². The van der Waals surface area contributed by atoms with Crippen molar-refractivity contribution in [1.82, 2.24) is 0 Å². The summed E-state index contributed by atoms with van der Waals surface area (Å²) in [5.41, 5.74) is 1.41. The average molecular weight is 478 g/mol.